The van der Waals surface area contributed by atoms with Crippen molar-refractivity contribution in [3.63, 3.8) is 0 Å². The first-order valence-electron chi connectivity index (χ1n) is 12.1. The molecule has 0 atom stereocenters. The van der Waals surface area contributed by atoms with E-state index in [0.717, 1.165) is 47.2 Å². The van der Waals surface area contributed by atoms with Crippen LogP contribution in [-0.2, 0) is 0 Å². The second kappa shape index (κ2) is 12.1. The van der Waals surface area contributed by atoms with E-state index in [1.54, 1.807) is 11.3 Å². The van der Waals surface area contributed by atoms with Crippen LogP contribution in [0.5, 0.6) is 5.75 Å². The minimum absolute atomic E-state index is 0.0211. The molecule has 0 N–H and O–H groups in total. The number of unbranched alkanes of at least 4 members (excludes halogenated alkanes) is 2. The molecule has 0 aliphatic carbocycles. The Labute approximate surface area is 202 Å². The zero-order chi connectivity index (χ0) is 23.8. The van der Waals surface area contributed by atoms with Gasteiger partial charge in [0.15, 0.2) is 5.13 Å². The van der Waals surface area contributed by atoms with E-state index in [9.17, 15) is 4.79 Å². The van der Waals surface area contributed by atoms with E-state index in [2.05, 4.69) is 51.7 Å². The normalized spacial score (nSPS) is 11.3. The van der Waals surface area contributed by atoms with Gasteiger partial charge in [-0.2, -0.15) is 0 Å². The van der Waals surface area contributed by atoms with Gasteiger partial charge in [-0.1, -0.05) is 44.9 Å². The first kappa shape index (κ1) is 25.2. The van der Waals surface area contributed by atoms with Crippen molar-refractivity contribution in [1.82, 2.24) is 9.88 Å². The third-order valence-corrected chi connectivity index (χ3v) is 7.16. The predicted molar refractivity (Wildman–Crippen MR) is 140 cm³/mol. The lowest BCUT2D eigenvalue weighted by atomic mass is 10.1. The maximum atomic E-state index is 13.6. The molecule has 3 aromatic rings. The minimum Gasteiger partial charge on any atom is -0.494 e. The van der Waals surface area contributed by atoms with Crippen LogP contribution in [0.15, 0.2) is 36.4 Å². The lowest BCUT2D eigenvalue weighted by Crippen LogP contribution is -2.38. The highest BCUT2D eigenvalue weighted by molar-refractivity contribution is 7.22. The summed E-state index contributed by atoms with van der Waals surface area (Å²) in [4.78, 5) is 22.6. The molecule has 0 spiro atoms. The summed E-state index contributed by atoms with van der Waals surface area (Å²) >= 11 is 1.59. The Bertz CT molecular complexity index is 1000. The van der Waals surface area contributed by atoms with Gasteiger partial charge in [-0.05, 0) is 80.9 Å². The molecule has 0 radical (unpaired) electrons. The van der Waals surface area contributed by atoms with Gasteiger partial charge in [0.05, 0.1) is 16.8 Å². The Morgan fingerprint density at radius 3 is 2.33 bits per heavy atom. The van der Waals surface area contributed by atoms with Gasteiger partial charge < -0.3 is 9.64 Å². The van der Waals surface area contributed by atoms with Crippen LogP contribution in [0, 0.1) is 13.8 Å². The van der Waals surface area contributed by atoms with Crippen LogP contribution in [0.4, 0.5) is 5.13 Å². The molecule has 1 amide bonds. The number of aromatic nitrogens is 1. The lowest BCUT2D eigenvalue weighted by molar-refractivity contribution is 0.0983. The van der Waals surface area contributed by atoms with Gasteiger partial charge in [0.2, 0.25) is 0 Å². The zero-order valence-corrected chi connectivity index (χ0v) is 21.5. The topological polar surface area (TPSA) is 45.7 Å². The number of likely N-dealkylation sites (N-methyl/N-ethyl adjacent to an activating group) is 1. The van der Waals surface area contributed by atoms with Gasteiger partial charge in [-0.25, -0.2) is 4.98 Å². The number of hydrogen-bond donors (Lipinski definition) is 0. The number of carbonyl (C=O) groups is 1. The van der Waals surface area contributed by atoms with Crippen LogP contribution in [0.25, 0.3) is 10.2 Å². The molecule has 0 saturated carbocycles. The third-order valence-electron chi connectivity index (χ3n) is 6.12. The van der Waals surface area contributed by atoms with Gasteiger partial charge in [0, 0.05) is 18.7 Å². The number of ether oxygens (including phenoxy) is 1. The maximum Gasteiger partial charge on any atom is 0.260 e. The number of aryl methyl sites for hydroxylation is 2. The summed E-state index contributed by atoms with van der Waals surface area (Å²) in [7, 11) is 0. The molecule has 178 valence electrons. The molecule has 33 heavy (non-hydrogen) atoms. The molecule has 5 nitrogen and oxygen atoms in total. The van der Waals surface area contributed by atoms with Gasteiger partial charge in [-0.3, -0.25) is 9.69 Å². The van der Waals surface area contributed by atoms with Crippen molar-refractivity contribution in [1.29, 1.82) is 0 Å². The smallest absolute Gasteiger partial charge is 0.260 e. The summed E-state index contributed by atoms with van der Waals surface area (Å²) in [6.07, 6.45) is 3.39. The van der Waals surface area contributed by atoms with Crippen molar-refractivity contribution in [3.05, 3.63) is 53.1 Å². The van der Waals surface area contributed by atoms with E-state index >= 15 is 0 Å². The van der Waals surface area contributed by atoms with Crippen LogP contribution in [0.1, 0.15) is 61.5 Å². The molecule has 6 heteroatoms. The van der Waals surface area contributed by atoms with Crippen molar-refractivity contribution < 1.29 is 9.53 Å². The van der Waals surface area contributed by atoms with Crippen LogP contribution >= 0.6 is 11.3 Å². The van der Waals surface area contributed by atoms with E-state index in [1.165, 1.54) is 24.0 Å². The summed E-state index contributed by atoms with van der Waals surface area (Å²) < 4.78 is 6.93. The van der Waals surface area contributed by atoms with Crippen LogP contribution < -0.4 is 9.64 Å². The average Bonchev–Trinajstić information content (AvgIpc) is 3.22. The number of carbonyl (C=O) groups excluding carboxylic acids is 1. The highest BCUT2D eigenvalue weighted by Crippen LogP contribution is 2.31. The van der Waals surface area contributed by atoms with Crippen LogP contribution in [-0.4, -0.2) is 48.6 Å². The quantitative estimate of drug-likeness (QED) is 0.286. The van der Waals surface area contributed by atoms with Gasteiger partial charge in [0.25, 0.3) is 5.91 Å². The van der Waals surface area contributed by atoms with E-state index in [0.29, 0.717) is 18.7 Å². The molecule has 1 heterocycles. The number of anilines is 1. The molecule has 0 saturated heterocycles. The Morgan fingerprint density at radius 2 is 1.67 bits per heavy atom. The second-order valence-corrected chi connectivity index (χ2v) is 9.47. The first-order chi connectivity index (χ1) is 16.0. The molecule has 2 aromatic carbocycles. The molecule has 0 bridgehead atoms. The Morgan fingerprint density at radius 1 is 0.970 bits per heavy atom. The molecule has 0 aliphatic heterocycles. The van der Waals surface area contributed by atoms with Crippen molar-refractivity contribution in [2.45, 2.75) is 53.9 Å². The molecule has 0 fully saturated rings. The standard InChI is InChI=1S/C27H37N3O2S/c1-6-9-10-17-32-23-13-11-22(12-14-23)26(31)30(16-15-29(7-2)8-3)27-28-24-18-20(4)21(5)19-25(24)33-27/h11-14,18-19H,6-10,15-17H2,1-5H3. The third kappa shape index (κ3) is 6.55. The number of amides is 1. The van der Waals surface area contributed by atoms with Crippen molar-refractivity contribution in [2.75, 3.05) is 37.7 Å². The fourth-order valence-electron chi connectivity index (χ4n) is 3.74. The lowest BCUT2D eigenvalue weighted by Gasteiger charge is -2.24. The van der Waals surface area contributed by atoms with Crippen LogP contribution in [0.3, 0.4) is 0 Å². The predicted octanol–water partition coefficient (Wildman–Crippen LogP) is 6.47. The molecule has 0 unspecified atom stereocenters. The second-order valence-electron chi connectivity index (χ2n) is 8.46. The SMILES string of the molecule is CCCCCOc1ccc(C(=O)N(CCN(CC)CC)c2nc3cc(C)c(C)cc3s2)cc1. The number of hydrogen-bond acceptors (Lipinski definition) is 5. The molecular formula is C27H37N3O2S. The zero-order valence-electron chi connectivity index (χ0n) is 20.7. The molecule has 1 aromatic heterocycles. The number of thiazole rings is 1. The highest BCUT2D eigenvalue weighted by atomic mass is 32.1. The molecule has 0 aliphatic rings. The first-order valence-corrected chi connectivity index (χ1v) is 12.9. The number of rotatable bonds is 12. The van der Waals surface area contributed by atoms with Gasteiger partial charge >= 0.3 is 0 Å². The summed E-state index contributed by atoms with van der Waals surface area (Å²) in [5, 5.41) is 0.757. The van der Waals surface area contributed by atoms with Crippen LogP contribution in [0.2, 0.25) is 0 Å². The summed E-state index contributed by atoms with van der Waals surface area (Å²) in [6, 6.07) is 11.8. The summed E-state index contributed by atoms with van der Waals surface area (Å²) in [5.41, 5.74) is 4.07. The number of fused-ring (bicyclic) bond motifs is 1. The van der Waals surface area contributed by atoms with Crippen molar-refractivity contribution in [3.8, 4) is 5.75 Å². The Hall–Kier alpha value is -2.44. The van der Waals surface area contributed by atoms with Gasteiger partial charge in [-0.15, -0.1) is 0 Å². The maximum absolute atomic E-state index is 13.6. The number of benzene rings is 2. The Balaban J connectivity index is 1.83. The minimum atomic E-state index is -0.0211. The number of nitrogens with zero attached hydrogens (tertiary/aromatic N) is 3. The fraction of sp³-hybridized carbons (Fsp3) is 0.481. The van der Waals surface area contributed by atoms with E-state index in [1.807, 2.05) is 29.2 Å². The van der Waals surface area contributed by atoms with E-state index in [4.69, 9.17) is 9.72 Å². The van der Waals surface area contributed by atoms with Crippen molar-refractivity contribution >= 4 is 32.6 Å². The van der Waals surface area contributed by atoms with E-state index in [-0.39, 0.29) is 5.91 Å². The largest absolute Gasteiger partial charge is 0.494 e. The summed E-state index contributed by atoms with van der Waals surface area (Å²) in [6.45, 7) is 14.7. The molecular weight excluding hydrogens is 430 g/mol. The Kier molecular flexibility index (Phi) is 9.27. The van der Waals surface area contributed by atoms with E-state index < -0.39 is 0 Å². The summed E-state index contributed by atoms with van der Waals surface area (Å²) in [5.74, 6) is 0.787. The highest BCUT2D eigenvalue weighted by Gasteiger charge is 2.22. The average molecular weight is 468 g/mol. The fourth-order valence-corrected chi connectivity index (χ4v) is 4.81. The molecule has 3 rings (SSSR count). The van der Waals surface area contributed by atoms with Crippen molar-refractivity contribution in [2.24, 2.45) is 0 Å². The van der Waals surface area contributed by atoms with Gasteiger partial charge in [0.1, 0.15) is 5.75 Å². The monoisotopic (exact) mass is 467 g/mol.